The van der Waals surface area contributed by atoms with Crippen molar-refractivity contribution in [3.8, 4) is 0 Å². The van der Waals surface area contributed by atoms with Crippen LogP contribution in [0.1, 0.15) is 39.2 Å². The molecule has 2 amide bonds. The van der Waals surface area contributed by atoms with Crippen molar-refractivity contribution < 1.29 is 9.59 Å². The zero-order chi connectivity index (χ0) is 22.9. The first-order chi connectivity index (χ1) is 14.6. The van der Waals surface area contributed by atoms with Crippen LogP contribution >= 0.6 is 0 Å². The van der Waals surface area contributed by atoms with Crippen molar-refractivity contribution in [1.29, 1.82) is 0 Å². The van der Waals surface area contributed by atoms with Gasteiger partial charge in [0.15, 0.2) is 5.96 Å². The van der Waals surface area contributed by atoms with Crippen LogP contribution in [0.2, 0.25) is 0 Å². The van der Waals surface area contributed by atoms with Gasteiger partial charge in [-0.05, 0) is 39.2 Å². The van der Waals surface area contributed by atoms with E-state index in [1.807, 2.05) is 26.8 Å². The summed E-state index contributed by atoms with van der Waals surface area (Å²) in [5.41, 5.74) is 1.02. The highest BCUT2D eigenvalue weighted by Crippen LogP contribution is 2.13. The average molecular weight is 431 g/mol. The van der Waals surface area contributed by atoms with E-state index in [0.717, 1.165) is 32.5 Å². The van der Waals surface area contributed by atoms with Crippen LogP contribution < -0.4 is 16.0 Å². The van der Waals surface area contributed by atoms with Crippen LogP contribution in [0.3, 0.4) is 0 Å². The summed E-state index contributed by atoms with van der Waals surface area (Å²) in [6.07, 6.45) is 1.95. The van der Waals surface area contributed by atoms with Gasteiger partial charge in [-0.3, -0.25) is 14.5 Å². The topological polar surface area (TPSA) is 89.1 Å². The molecule has 0 aliphatic carbocycles. The number of hydrogen-bond donors (Lipinski definition) is 3. The van der Waals surface area contributed by atoms with Crippen LogP contribution in [0, 0.1) is 0 Å². The fraction of sp³-hybridized carbons (Fsp3) is 0.609. The van der Waals surface area contributed by atoms with E-state index < -0.39 is 0 Å². The number of guanidine groups is 1. The van der Waals surface area contributed by atoms with Gasteiger partial charge in [0.2, 0.25) is 11.8 Å². The van der Waals surface area contributed by atoms with Crippen LogP contribution in [0.25, 0.3) is 0 Å². The number of piperidine rings is 1. The van der Waals surface area contributed by atoms with E-state index in [0.29, 0.717) is 5.96 Å². The smallest absolute Gasteiger partial charge is 0.242 e. The molecule has 8 nitrogen and oxygen atoms in total. The summed E-state index contributed by atoms with van der Waals surface area (Å²) in [5.74, 6) is 0.303. The molecule has 1 aliphatic heterocycles. The van der Waals surface area contributed by atoms with Gasteiger partial charge < -0.3 is 20.9 Å². The van der Waals surface area contributed by atoms with E-state index >= 15 is 0 Å². The largest absolute Gasteiger partial charge is 0.354 e. The van der Waals surface area contributed by atoms with Crippen molar-refractivity contribution in [3.05, 3.63) is 35.9 Å². The van der Waals surface area contributed by atoms with E-state index in [1.165, 1.54) is 10.5 Å². The molecule has 0 unspecified atom stereocenters. The van der Waals surface area contributed by atoms with Gasteiger partial charge in [-0.1, -0.05) is 30.3 Å². The summed E-state index contributed by atoms with van der Waals surface area (Å²) in [7, 11) is 3.43. The number of nitrogens with one attached hydrogen (secondary N) is 3. The van der Waals surface area contributed by atoms with Crippen molar-refractivity contribution in [2.45, 2.75) is 51.7 Å². The Bertz CT molecular complexity index is 734. The minimum absolute atomic E-state index is 0.00953. The summed E-state index contributed by atoms with van der Waals surface area (Å²) >= 11 is 0. The van der Waals surface area contributed by atoms with Crippen molar-refractivity contribution in [2.75, 3.05) is 40.3 Å². The van der Waals surface area contributed by atoms with Crippen LogP contribution in [-0.4, -0.2) is 79.4 Å². The van der Waals surface area contributed by atoms with E-state index in [2.05, 4.69) is 50.1 Å². The molecule has 2 rings (SSSR count). The third-order valence-electron chi connectivity index (χ3n) is 4.98. The monoisotopic (exact) mass is 430 g/mol. The number of amides is 2. The van der Waals surface area contributed by atoms with E-state index in [4.69, 9.17) is 0 Å². The zero-order valence-corrected chi connectivity index (χ0v) is 19.6. The molecule has 8 heteroatoms. The molecule has 1 saturated heterocycles. The maximum absolute atomic E-state index is 12.2. The van der Waals surface area contributed by atoms with Crippen LogP contribution in [0.5, 0.6) is 0 Å². The zero-order valence-electron chi connectivity index (χ0n) is 19.6. The van der Waals surface area contributed by atoms with E-state index in [1.54, 1.807) is 14.1 Å². The lowest BCUT2D eigenvalue weighted by atomic mass is 10.0. The fourth-order valence-corrected chi connectivity index (χ4v) is 3.35. The Labute approximate surface area is 186 Å². The molecule has 1 fully saturated rings. The van der Waals surface area contributed by atoms with Gasteiger partial charge in [-0.25, -0.2) is 4.99 Å². The third-order valence-corrected chi connectivity index (χ3v) is 4.98. The number of hydrogen-bond acceptors (Lipinski definition) is 4. The number of carbonyl (C=O) groups excluding carboxylic acids is 2. The molecular weight excluding hydrogens is 392 g/mol. The summed E-state index contributed by atoms with van der Waals surface area (Å²) in [5, 5.41) is 9.39. The molecule has 0 saturated carbocycles. The summed E-state index contributed by atoms with van der Waals surface area (Å²) in [6, 6.07) is 10.7. The Balaban J connectivity index is 1.89. The molecule has 0 atom stereocenters. The first-order valence-corrected chi connectivity index (χ1v) is 10.9. The number of aliphatic imine (C=N–C) groups is 1. The number of rotatable bonds is 7. The van der Waals surface area contributed by atoms with Gasteiger partial charge in [0.1, 0.15) is 6.54 Å². The standard InChI is InChI=1S/C23H38N6O2/c1-23(2,3)27-20(30)15-24-22(25-16-21(31)28(4)5)26-19-11-13-29(14-12-19)17-18-9-7-6-8-10-18/h6-10,19H,11-17H2,1-5H3,(H,27,30)(H2,24,25,26). The van der Waals surface area contributed by atoms with Crippen molar-refractivity contribution in [1.82, 2.24) is 25.8 Å². The molecule has 0 radical (unpaired) electrons. The second-order valence-electron chi connectivity index (χ2n) is 9.29. The molecule has 172 valence electrons. The molecular formula is C23H38N6O2. The van der Waals surface area contributed by atoms with Gasteiger partial charge in [0, 0.05) is 45.3 Å². The number of likely N-dealkylation sites (tertiary alicyclic amines) is 1. The maximum atomic E-state index is 12.2. The minimum Gasteiger partial charge on any atom is -0.354 e. The Morgan fingerprint density at radius 3 is 2.35 bits per heavy atom. The van der Waals surface area contributed by atoms with Crippen LogP contribution in [0.4, 0.5) is 0 Å². The van der Waals surface area contributed by atoms with Crippen LogP contribution in [0.15, 0.2) is 35.3 Å². The molecule has 1 aromatic rings. The fourth-order valence-electron chi connectivity index (χ4n) is 3.35. The molecule has 1 aliphatic rings. The highest BCUT2D eigenvalue weighted by atomic mass is 16.2. The third kappa shape index (κ3) is 9.83. The first-order valence-electron chi connectivity index (χ1n) is 10.9. The number of likely N-dealkylation sites (N-methyl/N-ethyl adjacent to an activating group) is 1. The SMILES string of the molecule is CN(C)C(=O)CNC(=NCC(=O)NC(C)(C)C)NC1CCN(Cc2ccccc2)CC1. The molecule has 1 aromatic carbocycles. The average Bonchev–Trinajstić information content (AvgIpc) is 2.70. The van der Waals surface area contributed by atoms with Crippen molar-refractivity contribution >= 4 is 17.8 Å². The predicted octanol–water partition coefficient (Wildman–Crippen LogP) is 1.19. The molecule has 0 bridgehead atoms. The summed E-state index contributed by atoms with van der Waals surface area (Å²) < 4.78 is 0. The number of carbonyl (C=O) groups is 2. The van der Waals surface area contributed by atoms with Gasteiger partial charge in [-0.2, -0.15) is 0 Å². The molecule has 31 heavy (non-hydrogen) atoms. The first kappa shape index (κ1) is 24.7. The molecule has 1 heterocycles. The number of nitrogens with zero attached hydrogens (tertiary/aromatic N) is 3. The molecule has 0 spiro atoms. The molecule has 3 N–H and O–H groups in total. The Kier molecular flexibility index (Phi) is 9.30. The quantitative estimate of drug-likeness (QED) is 0.447. The van der Waals surface area contributed by atoms with Gasteiger partial charge in [-0.15, -0.1) is 0 Å². The van der Waals surface area contributed by atoms with Gasteiger partial charge in [0.25, 0.3) is 0 Å². The van der Waals surface area contributed by atoms with Crippen molar-refractivity contribution in [2.24, 2.45) is 4.99 Å². The van der Waals surface area contributed by atoms with Gasteiger partial charge in [0.05, 0.1) is 6.54 Å². The lowest BCUT2D eigenvalue weighted by molar-refractivity contribution is -0.127. The van der Waals surface area contributed by atoms with Gasteiger partial charge >= 0.3 is 0 Å². The Morgan fingerprint density at radius 1 is 1.13 bits per heavy atom. The second-order valence-corrected chi connectivity index (χ2v) is 9.29. The summed E-state index contributed by atoms with van der Waals surface area (Å²) in [4.78, 5) is 32.5. The van der Waals surface area contributed by atoms with Crippen molar-refractivity contribution in [3.63, 3.8) is 0 Å². The summed E-state index contributed by atoms with van der Waals surface area (Å²) in [6.45, 7) is 8.88. The second kappa shape index (κ2) is 11.7. The highest BCUT2D eigenvalue weighted by molar-refractivity contribution is 5.88. The van der Waals surface area contributed by atoms with E-state index in [9.17, 15) is 9.59 Å². The normalized spacial score (nSPS) is 16.0. The Morgan fingerprint density at radius 2 is 1.77 bits per heavy atom. The van der Waals surface area contributed by atoms with E-state index in [-0.39, 0.29) is 36.5 Å². The highest BCUT2D eigenvalue weighted by Gasteiger charge is 2.21. The lowest BCUT2D eigenvalue weighted by Gasteiger charge is -2.33. The Hall–Kier alpha value is -2.61. The predicted molar refractivity (Wildman–Crippen MR) is 125 cm³/mol. The number of benzene rings is 1. The lowest BCUT2D eigenvalue weighted by Crippen LogP contribution is -2.50. The minimum atomic E-state index is -0.305. The maximum Gasteiger partial charge on any atom is 0.242 e. The van der Waals surface area contributed by atoms with Crippen LogP contribution in [-0.2, 0) is 16.1 Å². The molecule has 0 aromatic heterocycles.